The summed E-state index contributed by atoms with van der Waals surface area (Å²) in [6.07, 6.45) is 2.24. The van der Waals surface area contributed by atoms with Crippen LogP contribution in [-0.4, -0.2) is 52.1 Å². The van der Waals surface area contributed by atoms with E-state index >= 15 is 0 Å². The standard InChI is InChI=1S/C22H17ClN8O2/c1-12-4-2-6-15(26-12)20-27-28-21(33-20)22(32)30-9-8-14-18(25-11-24-14)19(30)16-10-13-5-3-7-17(23)31(13)29-16/h2-7,10-11,19H,8-9H2,1H3,(H,24,25)/t19-/m1/s1. The van der Waals surface area contributed by atoms with Crippen LogP contribution in [0.2, 0.25) is 5.15 Å². The van der Waals surface area contributed by atoms with E-state index in [-0.39, 0.29) is 11.8 Å². The maximum Gasteiger partial charge on any atom is 0.312 e. The minimum atomic E-state index is -0.532. The predicted molar refractivity (Wildman–Crippen MR) is 118 cm³/mol. The van der Waals surface area contributed by atoms with Gasteiger partial charge in [0.1, 0.15) is 16.9 Å². The minimum absolute atomic E-state index is 0.112. The number of pyridine rings is 2. The fraction of sp³-hybridized carbons (Fsp3) is 0.182. The van der Waals surface area contributed by atoms with E-state index in [1.54, 1.807) is 27.9 Å². The van der Waals surface area contributed by atoms with E-state index in [1.165, 1.54) is 0 Å². The summed E-state index contributed by atoms with van der Waals surface area (Å²) < 4.78 is 7.35. The third-order valence-corrected chi connectivity index (χ3v) is 5.93. The van der Waals surface area contributed by atoms with Crippen molar-refractivity contribution >= 4 is 23.0 Å². The lowest BCUT2D eigenvalue weighted by molar-refractivity contribution is 0.0646. The van der Waals surface area contributed by atoms with Crippen molar-refractivity contribution in [3.8, 4) is 11.6 Å². The average Bonchev–Trinajstić information content (AvgIpc) is 3.57. The number of H-pyrrole nitrogens is 1. The van der Waals surface area contributed by atoms with Gasteiger partial charge in [0.15, 0.2) is 0 Å². The SMILES string of the molecule is Cc1cccc(-c2nnc(C(=O)N3CCc4[nH]cnc4[C@H]3c3cc4cccc(Cl)n4n3)o2)n1. The van der Waals surface area contributed by atoms with Gasteiger partial charge in [-0.15, -0.1) is 10.2 Å². The number of aromatic amines is 1. The van der Waals surface area contributed by atoms with Crippen LogP contribution in [0.3, 0.4) is 0 Å². The molecule has 0 radical (unpaired) electrons. The molecule has 1 atom stereocenters. The van der Waals surface area contributed by atoms with Crippen molar-refractivity contribution in [2.45, 2.75) is 19.4 Å². The molecule has 0 bridgehead atoms. The summed E-state index contributed by atoms with van der Waals surface area (Å²) in [5, 5.41) is 13.2. The first-order valence-electron chi connectivity index (χ1n) is 10.3. The number of nitrogens with one attached hydrogen (secondary N) is 1. The molecule has 0 saturated carbocycles. The monoisotopic (exact) mass is 460 g/mol. The van der Waals surface area contributed by atoms with Crippen LogP contribution in [0, 0.1) is 6.92 Å². The van der Waals surface area contributed by atoms with E-state index in [9.17, 15) is 4.79 Å². The lowest BCUT2D eigenvalue weighted by Crippen LogP contribution is -2.41. The third kappa shape index (κ3) is 3.26. The highest BCUT2D eigenvalue weighted by molar-refractivity contribution is 6.29. The summed E-state index contributed by atoms with van der Waals surface area (Å²) >= 11 is 6.31. The zero-order valence-corrected chi connectivity index (χ0v) is 18.2. The molecule has 11 heteroatoms. The fourth-order valence-corrected chi connectivity index (χ4v) is 4.34. The van der Waals surface area contributed by atoms with Crippen molar-refractivity contribution in [3.05, 3.63) is 82.6 Å². The summed E-state index contributed by atoms with van der Waals surface area (Å²) in [7, 11) is 0. The molecule has 0 saturated heterocycles. The number of imidazole rings is 1. The van der Waals surface area contributed by atoms with Gasteiger partial charge in [0.05, 0.1) is 23.2 Å². The Morgan fingerprint density at radius 2 is 2.09 bits per heavy atom. The number of halogens is 1. The molecule has 0 fully saturated rings. The number of fused-ring (bicyclic) bond motifs is 2. The first kappa shape index (κ1) is 19.6. The molecule has 0 aromatic carbocycles. The number of nitrogens with zero attached hydrogens (tertiary/aromatic N) is 7. The van der Waals surface area contributed by atoms with Crippen molar-refractivity contribution in [2.24, 2.45) is 0 Å². The number of rotatable bonds is 3. The molecule has 1 aliphatic heterocycles. The van der Waals surface area contributed by atoms with Crippen molar-refractivity contribution in [1.82, 2.24) is 39.7 Å². The van der Waals surface area contributed by atoms with Gasteiger partial charge < -0.3 is 14.3 Å². The Hall–Kier alpha value is -4.05. The Balaban J connectivity index is 1.40. The van der Waals surface area contributed by atoms with Crippen LogP contribution in [0.15, 0.2) is 53.2 Å². The molecule has 6 heterocycles. The second-order valence-corrected chi connectivity index (χ2v) is 8.14. The summed E-state index contributed by atoms with van der Waals surface area (Å²) in [5.41, 5.74) is 4.48. The molecule has 0 aliphatic carbocycles. The molecule has 1 N–H and O–H groups in total. The summed E-state index contributed by atoms with van der Waals surface area (Å²) in [5.74, 6) is -0.321. The van der Waals surface area contributed by atoms with Gasteiger partial charge in [-0.2, -0.15) is 5.10 Å². The van der Waals surface area contributed by atoms with Crippen LogP contribution in [-0.2, 0) is 6.42 Å². The van der Waals surface area contributed by atoms with E-state index < -0.39 is 11.9 Å². The van der Waals surface area contributed by atoms with Crippen molar-refractivity contribution in [1.29, 1.82) is 0 Å². The lowest BCUT2D eigenvalue weighted by atomic mass is 9.99. The Morgan fingerprint density at radius 1 is 1.21 bits per heavy atom. The lowest BCUT2D eigenvalue weighted by Gasteiger charge is -2.32. The van der Waals surface area contributed by atoms with Gasteiger partial charge in [0, 0.05) is 24.4 Å². The first-order valence-corrected chi connectivity index (χ1v) is 10.7. The zero-order chi connectivity index (χ0) is 22.5. The Morgan fingerprint density at radius 3 is 2.94 bits per heavy atom. The van der Waals surface area contributed by atoms with Gasteiger partial charge >= 0.3 is 11.8 Å². The maximum atomic E-state index is 13.5. The Bertz CT molecular complexity index is 1500. The van der Waals surface area contributed by atoms with Gasteiger partial charge in [-0.3, -0.25) is 4.79 Å². The van der Waals surface area contributed by atoms with Crippen molar-refractivity contribution in [2.75, 3.05) is 6.54 Å². The normalized spacial score (nSPS) is 15.7. The quantitative estimate of drug-likeness (QED) is 0.410. The number of amides is 1. The number of carbonyl (C=O) groups is 1. The molecule has 10 nitrogen and oxygen atoms in total. The highest BCUT2D eigenvalue weighted by Gasteiger charge is 2.38. The zero-order valence-electron chi connectivity index (χ0n) is 17.4. The van der Waals surface area contributed by atoms with Crippen LogP contribution in [0.1, 0.15) is 39.5 Å². The summed E-state index contributed by atoms with van der Waals surface area (Å²) in [4.78, 5) is 27.2. The molecule has 33 heavy (non-hydrogen) atoms. The maximum absolute atomic E-state index is 13.5. The molecule has 0 spiro atoms. The van der Waals surface area contributed by atoms with Crippen LogP contribution in [0.5, 0.6) is 0 Å². The second kappa shape index (κ2) is 7.52. The van der Waals surface area contributed by atoms with E-state index in [0.29, 0.717) is 29.5 Å². The number of aryl methyl sites for hydroxylation is 1. The van der Waals surface area contributed by atoms with Gasteiger partial charge in [0.2, 0.25) is 0 Å². The Kier molecular flexibility index (Phi) is 4.47. The second-order valence-electron chi connectivity index (χ2n) is 7.75. The van der Waals surface area contributed by atoms with Crippen LogP contribution >= 0.6 is 11.6 Å². The smallest absolute Gasteiger partial charge is 0.312 e. The number of aromatic nitrogens is 7. The molecule has 5 aromatic rings. The summed E-state index contributed by atoms with van der Waals surface area (Å²) in [6, 6.07) is 12.4. The molecular formula is C22H17ClN8O2. The molecule has 1 amide bonds. The highest BCUT2D eigenvalue weighted by Crippen LogP contribution is 2.34. The van der Waals surface area contributed by atoms with Gasteiger partial charge in [-0.1, -0.05) is 23.7 Å². The number of carbonyl (C=O) groups excluding carboxylic acids is 1. The summed E-state index contributed by atoms with van der Waals surface area (Å²) in [6.45, 7) is 2.30. The van der Waals surface area contributed by atoms with E-state index in [4.69, 9.17) is 16.0 Å². The Labute approximate surface area is 192 Å². The average molecular weight is 461 g/mol. The number of hydrogen-bond donors (Lipinski definition) is 1. The molecule has 0 unspecified atom stereocenters. The van der Waals surface area contributed by atoms with Gasteiger partial charge in [0.25, 0.3) is 5.89 Å². The van der Waals surface area contributed by atoms with E-state index in [2.05, 4.69) is 30.2 Å². The van der Waals surface area contributed by atoms with E-state index in [0.717, 1.165) is 22.6 Å². The molecule has 6 rings (SSSR count). The molecule has 1 aliphatic rings. The topological polar surface area (TPSA) is 118 Å². The minimum Gasteiger partial charge on any atom is -0.411 e. The van der Waals surface area contributed by atoms with Crippen molar-refractivity contribution in [3.63, 3.8) is 0 Å². The largest absolute Gasteiger partial charge is 0.411 e. The fourth-order valence-electron chi connectivity index (χ4n) is 4.13. The van der Waals surface area contributed by atoms with Gasteiger partial charge in [-0.05, 0) is 37.3 Å². The van der Waals surface area contributed by atoms with Crippen LogP contribution < -0.4 is 0 Å². The number of hydrogen-bond acceptors (Lipinski definition) is 7. The van der Waals surface area contributed by atoms with Gasteiger partial charge in [-0.25, -0.2) is 14.5 Å². The van der Waals surface area contributed by atoms with Crippen LogP contribution in [0.4, 0.5) is 0 Å². The predicted octanol–water partition coefficient (Wildman–Crippen LogP) is 3.25. The van der Waals surface area contributed by atoms with Crippen LogP contribution in [0.25, 0.3) is 17.1 Å². The highest BCUT2D eigenvalue weighted by atomic mass is 35.5. The third-order valence-electron chi connectivity index (χ3n) is 5.64. The first-order chi connectivity index (χ1) is 16.1. The van der Waals surface area contributed by atoms with E-state index in [1.807, 2.05) is 37.3 Å². The molecule has 164 valence electrons. The molecule has 5 aromatic heterocycles. The molecular weight excluding hydrogens is 444 g/mol. The van der Waals surface area contributed by atoms with Crippen molar-refractivity contribution < 1.29 is 9.21 Å².